The van der Waals surface area contributed by atoms with Crippen LogP contribution in [0.3, 0.4) is 0 Å². The molecule has 1 heterocycles. The molecule has 102 valence electrons. The Morgan fingerprint density at radius 1 is 1.25 bits per heavy atom. The van der Waals surface area contributed by atoms with Crippen LogP contribution in [0.1, 0.15) is 17.0 Å². The molecule has 1 aromatic heterocycles. The van der Waals surface area contributed by atoms with E-state index in [1.54, 1.807) is 24.3 Å². The molecule has 20 heavy (non-hydrogen) atoms. The maximum absolute atomic E-state index is 11.8. The van der Waals surface area contributed by atoms with Gasteiger partial charge in [-0.2, -0.15) is 5.26 Å². The van der Waals surface area contributed by atoms with Crippen LogP contribution in [-0.4, -0.2) is 10.6 Å². The summed E-state index contributed by atoms with van der Waals surface area (Å²) >= 11 is 0. The molecule has 1 aromatic carbocycles. The third-order valence-electron chi connectivity index (χ3n) is 3.18. The molecule has 0 fully saturated rings. The third-order valence-corrected chi connectivity index (χ3v) is 3.18. The Morgan fingerprint density at radius 3 is 2.50 bits per heavy atom. The lowest BCUT2D eigenvalue weighted by atomic mass is 10.2. The van der Waals surface area contributed by atoms with Gasteiger partial charge in [-0.05, 0) is 43.3 Å². The summed E-state index contributed by atoms with van der Waals surface area (Å²) in [5.41, 5.74) is 3.41. The third kappa shape index (κ3) is 3.18. The van der Waals surface area contributed by atoms with Gasteiger partial charge in [-0.25, -0.2) is 4.79 Å². The zero-order valence-corrected chi connectivity index (χ0v) is 11.5. The molecule has 2 N–H and O–H groups in total. The van der Waals surface area contributed by atoms with Crippen LogP contribution in [-0.2, 0) is 13.6 Å². The number of nitriles is 1. The van der Waals surface area contributed by atoms with Crippen molar-refractivity contribution in [1.29, 1.82) is 5.26 Å². The first-order chi connectivity index (χ1) is 9.60. The van der Waals surface area contributed by atoms with Gasteiger partial charge < -0.3 is 15.2 Å². The number of urea groups is 1. The van der Waals surface area contributed by atoms with E-state index in [0.29, 0.717) is 17.8 Å². The Balaban J connectivity index is 1.89. The fraction of sp³-hybridized carbons (Fsp3) is 0.200. The van der Waals surface area contributed by atoms with Crippen LogP contribution in [0.2, 0.25) is 0 Å². The quantitative estimate of drug-likeness (QED) is 0.898. The Hall–Kier alpha value is -2.74. The normalized spacial score (nSPS) is 9.85. The summed E-state index contributed by atoms with van der Waals surface area (Å²) in [6, 6.07) is 12.5. The lowest BCUT2D eigenvalue weighted by molar-refractivity contribution is 0.251. The fourth-order valence-corrected chi connectivity index (χ4v) is 1.82. The monoisotopic (exact) mass is 268 g/mol. The molecule has 0 aliphatic heterocycles. The minimum Gasteiger partial charge on any atom is -0.350 e. The predicted octanol–water partition coefficient (Wildman–Crippen LogP) is 2.53. The number of nitrogens with zero attached hydrogens (tertiary/aromatic N) is 2. The molecule has 0 saturated heterocycles. The maximum atomic E-state index is 11.8. The number of aromatic nitrogens is 1. The number of benzene rings is 1. The number of carbonyl (C=O) groups is 1. The number of rotatable bonds is 3. The van der Waals surface area contributed by atoms with Crippen molar-refractivity contribution in [2.45, 2.75) is 13.5 Å². The van der Waals surface area contributed by atoms with Crippen molar-refractivity contribution < 1.29 is 4.79 Å². The van der Waals surface area contributed by atoms with Gasteiger partial charge in [0, 0.05) is 24.1 Å². The average Bonchev–Trinajstić information content (AvgIpc) is 2.77. The second-order valence-corrected chi connectivity index (χ2v) is 4.52. The maximum Gasteiger partial charge on any atom is 0.319 e. The summed E-state index contributed by atoms with van der Waals surface area (Å²) in [4.78, 5) is 11.8. The van der Waals surface area contributed by atoms with Crippen LogP contribution in [0.4, 0.5) is 10.5 Å². The van der Waals surface area contributed by atoms with Crippen LogP contribution in [0, 0.1) is 18.3 Å². The summed E-state index contributed by atoms with van der Waals surface area (Å²) in [5, 5.41) is 14.2. The lowest BCUT2D eigenvalue weighted by Crippen LogP contribution is -2.28. The predicted molar refractivity (Wildman–Crippen MR) is 77.2 cm³/mol. The number of anilines is 1. The average molecular weight is 268 g/mol. The summed E-state index contributed by atoms with van der Waals surface area (Å²) < 4.78 is 2.03. The molecule has 0 atom stereocenters. The van der Waals surface area contributed by atoms with E-state index in [0.717, 1.165) is 11.4 Å². The van der Waals surface area contributed by atoms with Crippen molar-refractivity contribution in [3.05, 3.63) is 53.3 Å². The van der Waals surface area contributed by atoms with Gasteiger partial charge in [-0.15, -0.1) is 0 Å². The fourth-order valence-electron chi connectivity index (χ4n) is 1.82. The van der Waals surface area contributed by atoms with E-state index >= 15 is 0 Å². The van der Waals surface area contributed by atoms with Gasteiger partial charge in [-0.3, -0.25) is 0 Å². The minimum atomic E-state index is -0.270. The zero-order valence-electron chi connectivity index (χ0n) is 11.5. The number of aryl methyl sites for hydroxylation is 1. The van der Waals surface area contributed by atoms with Gasteiger partial charge in [0.05, 0.1) is 18.2 Å². The molecule has 0 spiro atoms. The molecule has 2 amide bonds. The van der Waals surface area contributed by atoms with E-state index in [9.17, 15) is 4.79 Å². The van der Waals surface area contributed by atoms with Gasteiger partial charge in [0.1, 0.15) is 0 Å². The largest absolute Gasteiger partial charge is 0.350 e. The molecule has 2 aromatic rings. The van der Waals surface area contributed by atoms with E-state index < -0.39 is 0 Å². The van der Waals surface area contributed by atoms with E-state index in [1.807, 2.05) is 36.7 Å². The van der Waals surface area contributed by atoms with Crippen LogP contribution < -0.4 is 10.6 Å². The molecule has 0 bridgehead atoms. The molecule has 0 radical (unpaired) electrons. The van der Waals surface area contributed by atoms with Gasteiger partial charge in [-0.1, -0.05) is 0 Å². The van der Waals surface area contributed by atoms with Gasteiger partial charge in [0.15, 0.2) is 0 Å². The van der Waals surface area contributed by atoms with Crippen LogP contribution in [0.25, 0.3) is 0 Å². The van der Waals surface area contributed by atoms with Crippen molar-refractivity contribution in [2.75, 3.05) is 5.32 Å². The van der Waals surface area contributed by atoms with Crippen LogP contribution >= 0.6 is 0 Å². The number of amides is 2. The SMILES string of the molecule is Cc1ccc(CNC(=O)Nc2ccc(C#N)cc2)n1C. The molecule has 5 nitrogen and oxygen atoms in total. The van der Waals surface area contributed by atoms with Gasteiger partial charge in [0.25, 0.3) is 0 Å². The number of nitrogens with one attached hydrogen (secondary N) is 2. The molecule has 0 unspecified atom stereocenters. The lowest BCUT2D eigenvalue weighted by Gasteiger charge is -2.09. The highest BCUT2D eigenvalue weighted by atomic mass is 16.2. The second kappa shape index (κ2) is 5.93. The van der Waals surface area contributed by atoms with E-state index in [1.165, 1.54) is 0 Å². The molecule has 2 rings (SSSR count). The van der Waals surface area contributed by atoms with Crippen LogP contribution in [0.15, 0.2) is 36.4 Å². The topological polar surface area (TPSA) is 69.8 Å². The molecule has 0 saturated carbocycles. The number of hydrogen-bond donors (Lipinski definition) is 2. The number of hydrogen-bond acceptors (Lipinski definition) is 2. The minimum absolute atomic E-state index is 0.270. The van der Waals surface area contributed by atoms with Crippen molar-refractivity contribution in [3.8, 4) is 6.07 Å². The van der Waals surface area contributed by atoms with Crippen molar-refractivity contribution in [2.24, 2.45) is 7.05 Å². The molecule has 0 aliphatic carbocycles. The standard InChI is InChI=1S/C15H16N4O/c1-11-3-8-14(19(11)2)10-17-15(20)18-13-6-4-12(9-16)5-7-13/h3-8H,10H2,1-2H3,(H2,17,18,20). The highest BCUT2D eigenvalue weighted by Gasteiger charge is 2.04. The van der Waals surface area contributed by atoms with E-state index in [2.05, 4.69) is 10.6 Å². The number of carbonyl (C=O) groups excluding carboxylic acids is 1. The Morgan fingerprint density at radius 2 is 1.95 bits per heavy atom. The molecule has 0 aliphatic rings. The molecule has 5 heteroatoms. The molecular formula is C15H16N4O. The zero-order chi connectivity index (χ0) is 14.5. The highest BCUT2D eigenvalue weighted by Crippen LogP contribution is 2.09. The Labute approximate surface area is 117 Å². The van der Waals surface area contributed by atoms with Crippen molar-refractivity contribution in [1.82, 2.24) is 9.88 Å². The first-order valence-corrected chi connectivity index (χ1v) is 6.26. The summed E-state index contributed by atoms with van der Waals surface area (Å²) in [6.45, 7) is 2.48. The molecular weight excluding hydrogens is 252 g/mol. The Kier molecular flexibility index (Phi) is 4.06. The Bertz CT molecular complexity index is 650. The van der Waals surface area contributed by atoms with Crippen LogP contribution in [0.5, 0.6) is 0 Å². The van der Waals surface area contributed by atoms with Gasteiger partial charge >= 0.3 is 6.03 Å². The first-order valence-electron chi connectivity index (χ1n) is 6.26. The summed E-state index contributed by atoms with van der Waals surface area (Å²) in [7, 11) is 1.96. The summed E-state index contributed by atoms with van der Waals surface area (Å²) in [6.07, 6.45) is 0. The van der Waals surface area contributed by atoms with E-state index in [4.69, 9.17) is 5.26 Å². The highest BCUT2D eigenvalue weighted by molar-refractivity contribution is 5.89. The first kappa shape index (κ1) is 13.7. The summed E-state index contributed by atoms with van der Waals surface area (Å²) in [5.74, 6) is 0. The van der Waals surface area contributed by atoms with Gasteiger partial charge in [0.2, 0.25) is 0 Å². The van der Waals surface area contributed by atoms with Crippen molar-refractivity contribution >= 4 is 11.7 Å². The second-order valence-electron chi connectivity index (χ2n) is 4.52. The smallest absolute Gasteiger partial charge is 0.319 e. The van der Waals surface area contributed by atoms with E-state index in [-0.39, 0.29) is 6.03 Å². The van der Waals surface area contributed by atoms with Crippen molar-refractivity contribution in [3.63, 3.8) is 0 Å².